The van der Waals surface area contributed by atoms with Crippen molar-refractivity contribution in [1.29, 1.82) is 0 Å². The molecule has 0 nitrogen and oxygen atoms in total. The third-order valence-electron chi connectivity index (χ3n) is 10.8. The van der Waals surface area contributed by atoms with Crippen LogP contribution in [0.2, 0.25) is 0 Å². The monoisotopic (exact) mass is 596 g/mol. The van der Waals surface area contributed by atoms with Gasteiger partial charge >= 0.3 is 0 Å². The Bertz CT molecular complexity index is 2720. The molecule has 0 aromatic heterocycles. The summed E-state index contributed by atoms with van der Waals surface area (Å²) in [5, 5.41) is 21.1. The van der Waals surface area contributed by atoms with Gasteiger partial charge in [-0.15, -0.1) is 0 Å². The molecule has 47 heavy (non-hydrogen) atoms. The summed E-state index contributed by atoms with van der Waals surface area (Å²) < 4.78 is 0. The predicted octanol–water partition coefficient (Wildman–Crippen LogP) is 13.2. The molecule has 0 unspecified atom stereocenters. The van der Waals surface area contributed by atoms with Gasteiger partial charge in [-0.2, -0.15) is 0 Å². The fraction of sp³-hybridized carbons (Fsp3) is 0.0638. The zero-order chi connectivity index (χ0) is 31.3. The van der Waals surface area contributed by atoms with E-state index in [4.69, 9.17) is 0 Å². The summed E-state index contributed by atoms with van der Waals surface area (Å²) >= 11 is 0. The Morgan fingerprint density at radius 2 is 0.468 bits per heavy atom. The van der Waals surface area contributed by atoms with Crippen LogP contribution in [0.3, 0.4) is 0 Å². The normalized spacial score (nSPS) is 12.5. The van der Waals surface area contributed by atoms with E-state index >= 15 is 0 Å². The zero-order valence-corrected chi connectivity index (χ0v) is 26.5. The Morgan fingerprint density at radius 1 is 0.255 bits per heavy atom. The van der Waals surface area contributed by atoms with Crippen LogP contribution in [0.4, 0.5) is 0 Å². The molecule has 0 radical (unpaired) electrons. The molecule has 10 rings (SSSR count). The first-order chi connectivity index (χ1) is 23.1. The molecule has 0 aliphatic carbocycles. The van der Waals surface area contributed by atoms with Crippen molar-refractivity contribution in [2.75, 3.05) is 0 Å². The predicted molar refractivity (Wildman–Crippen MR) is 205 cm³/mol. The summed E-state index contributed by atoms with van der Waals surface area (Å²) in [5.74, 6) is 0. The lowest BCUT2D eigenvalue weighted by Crippen LogP contribution is -2.20. The summed E-state index contributed by atoms with van der Waals surface area (Å²) in [6, 6.07) is 58.9. The smallest absolute Gasteiger partial charge is 0.0159 e. The average molecular weight is 597 g/mol. The largest absolute Gasteiger partial charge is 0.0616 e. The molecule has 220 valence electrons. The van der Waals surface area contributed by atoms with Gasteiger partial charge in [0.1, 0.15) is 0 Å². The highest BCUT2D eigenvalue weighted by Gasteiger charge is 2.30. The second kappa shape index (κ2) is 9.64. The third kappa shape index (κ3) is 3.59. The molecule has 0 aliphatic rings. The first kappa shape index (κ1) is 26.5. The Morgan fingerprint density at radius 3 is 0.787 bits per heavy atom. The van der Waals surface area contributed by atoms with Crippen molar-refractivity contribution in [3.63, 3.8) is 0 Å². The molecule has 0 spiro atoms. The molecule has 0 bridgehead atoms. The van der Waals surface area contributed by atoms with Crippen LogP contribution in [0, 0.1) is 0 Å². The third-order valence-corrected chi connectivity index (χ3v) is 10.8. The number of rotatable bonds is 2. The van der Waals surface area contributed by atoms with Gasteiger partial charge in [-0.25, -0.2) is 0 Å². The van der Waals surface area contributed by atoms with Gasteiger partial charge in [0, 0.05) is 5.41 Å². The summed E-state index contributed by atoms with van der Waals surface area (Å²) in [7, 11) is 0. The maximum Gasteiger partial charge on any atom is 0.0159 e. The average Bonchev–Trinajstić information content (AvgIpc) is 3.14. The quantitative estimate of drug-likeness (QED) is 0.174. The van der Waals surface area contributed by atoms with Gasteiger partial charge < -0.3 is 0 Å². The van der Waals surface area contributed by atoms with Crippen LogP contribution < -0.4 is 0 Å². The number of fused-ring (bicyclic) bond motifs is 16. The van der Waals surface area contributed by atoms with Crippen molar-refractivity contribution in [3.05, 3.63) is 169 Å². The van der Waals surface area contributed by atoms with E-state index in [9.17, 15) is 0 Å². The molecule has 0 atom stereocenters. The van der Waals surface area contributed by atoms with Crippen LogP contribution in [0.25, 0.3) is 86.2 Å². The van der Waals surface area contributed by atoms with Gasteiger partial charge in [-0.1, -0.05) is 159 Å². The lowest BCUT2D eigenvalue weighted by atomic mass is 9.72. The minimum absolute atomic E-state index is 0.304. The van der Waals surface area contributed by atoms with E-state index in [1.165, 1.54) is 97.3 Å². The molecule has 10 aromatic carbocycles. The van der Waals surface area contributed by atoms with E-state index in [0.717, 1.165) is 0 Å². The van der Waals surface area contributed by atoms with E-state index in [1.807, 2.05) is 0 Å². The maximum atomic E-state index is 2.52. The maximum absolute atomic E-state index is 2.52. The van der Waals surface area contributed by atoms with Crippen LogP contribution >= 0.6 is 0 Å². The molecule has 0 saturated heterocycles. The highest BCUT2D eigenvalue weighted by Crippen LogP contribution is 2.48. The van der Waals surface area contributed by atoms with Gasteiger partial charge in [0.15, 0.2) is 0 Å². The molecular weight excluding hydrogens is 565 g/mol. The van der Waals surface area contributed by atoms with Crippen molar-refractivity contribution >= 4 is 86.2 Å². The zero-order valence-electron chi connectivity index (χ0n) is 26.5. The molecule has 0 saturated carbocycles. The van der Waals surface area contributed by atoms with Crippen molar-refractivity contribution < 1.29 is 0 Å². The SMILES string of the molecule is CC(C)(c1cc2c3ccccc3c3ccccc3c2c2ccccc12)c1cc2c3ccccc3c3ccccc3c2c2ccccc12. The molecule has 0 heterocycles. The summed E-state index contributed by atoms with van der Waals surface area (Å²) in [6.07, 6.45) is 0. The van der Waals surface area contributed by atoms with Crippen molar-refractivity contribution in [3.8, 4) is 0 Å². The second-order valence-corrected chi connectivity index (χ2v) is 13.6. The van der Waals surface area contributed by atoms with E-state index in [2.05, 4.69) is 172 Å². The standard InChI is InChI=1S/C47H32/c1-47(2,43-27-41-33-19-5-3-15-29(33)31-17-7-11-23-37(31)45(41)39-25-13-9-21-35(39)43)44-28-42-34-20-6-4-16-30(34)32-18-8-12-24-38(32)46(42)40-26-14-10-22-36(40)44/h3-28H,1-2H3. The minimum Gasteiger partial charge on any atom is -0.0616 e. The number of hydrogen-bond donors (Lipinski definition) is 0. The lowest BCUT2D eigenvalue weighted by molar-refractivity contribution is 0.655. The first-order valence-corrected chi connectivity index (χ1v) is 16.6. The van der Waals surface area contributed by atoms with Crippen LogP contribution in [0.15, 0.2) is 158 Å². The van der Waals surface area contributed by atoms with Crippen molar-refractivity contribution in [1.82, 2.24) is 0 Å². The van der Waals surface area contributed by atoms with Crippen LogP contribution in [0.5, 0.6) is 0 Å². The van der Waals surface area contributed by atoms with Gasteiger partial charge in [-0.05, 0) is 109 Å². The van der Waals surface area contributed by atoms with Gasteiger partial charge in [-0.3, -0.25) is 0 Å². The van der Waals surface area contributed by atoms with Crippen LogP contribution in [-0.4, -0.2) is 0 Å². The minimum atomic E-state index is -0.304. The molecule has 0 heteroatoms. The van der Waals surface area contributed by atoms with Gasteiger partial charge in [0.05, 0.1) is 0 Å². The fourth-order valence-corrected chi connectivity index (χ4v) is 8.71. The second-order valence-electron chi connectivity index (χ2n) is 13.6. The Balaban J connectivity index is 1.39. The Labute approximate surface area is 273 Å². The fourth-order valence-electron chi connectivity index (χ4n) is 8.71. The van der Waals surface area contributed by atoms with Crippen LogP contribution in [0.1, 0.15) is 25.0 Å². The van der Waals surface area contributed by atoms with Gasteiger partial charge in [0.25, 0.3) is 0 Å². The van der Waals surface area contributed by atoms with E-state index in [1.54, 1.807) is 0 Å². The topological polar surface area (TPSA) is 0 Å². The molecular formula is C47H32. The highest BCUT2D eigenvalue weighted by atomic mass is 14.3. The molecule has 0 aliphatic heterocycles. The highest BCUT2D eigenvalue weighted by molar-refractivity contribution is 6.33. The molecule has 0 amide bonds. The van der Waals surface area contributed by atoms with Crippen LogP contribution in [-0.2, 0) is 5.41 Å². The summed E-state index contributed by atoms with van der Waals surface area (Å²) in [5.41, 5.74) is 2.41. The first-order valence-electron chi connectivity index (χ1n) is 16.6. The lowest BCUT2D eigenvalue weighted by Gasteiger charge is -2.31. The Kier molecular flexibility index (Phi) is 5.44. The van der Waals surface area contributed by atoms with Gasteiger partial charge in [0.2, 0.25) is 0 Å². The van der Waals surface area contributed by atoms with E-state index in [0.29, 0.717) is 0 Å². The van der Waals surface area contributed by atoms with E-state index in [-0.39, 0.29) is 5.41 Å². The summed E-state index contributed by atoms with van der Waals surface area (Å²) in [6.45, 7) is 4.86. The van der Waals surface area contributed by atoms with Crippen molar-refractivity contribution in [2.45, 2.75) is 19.3 Å². The Hall–Kier alpha value is -5.72. The molecule has 0 fully saturated rings. The molecule has 0 N–H and O–H groups in total. The molecule has 10 aromatic rings. The summed E-state index contributed by atoms with van der Waals surface area (Å²) in [4.78, 5) is 0. The van der Waals surface area contributed by atoms with E-state index < -0.39 is 0 Å². The number of hydrogen-bond acceptors (Lipinski definition) is 0. The van der Waals surface area contributed by atoms with Crippen molar-refractivity contribution in [2.24, 2.45) is 0 Å². The number of benzene rings is 10.